The third-order valence-electron chi connectivity index (χ3n) is 10.8. The summed E-state index contributed by atoms with van der Waals surface area (Å²) in [7, 11) is 0. The summed E-state index contributed by atoms with van der Waals surface area (Å²) in [6, 6.07) is 34.8. The number of hydrogen-bond donors (Lipinski definition) is 0. The second kappa shape index (κ2) is 12.8. The number of hydrogen-bond acceptors (Lipinski definition) is 3. The molecule has 3 aromatic heterocycles. The Balaban J connectivity index is 1.39. The number of aromatic nitrogens is 4. The van der Waals surface area contributed by atoms with E-state index in [0.29, 0.717) is 0 Å². The molecule has 0 N–H and O–H groups in total. The molecule has 0 aliphatic carbocycles. The summed E-state index contributed by atoms with van der Waals surface area (Å²) in [5, 5.41) is 7.45. The molecule has 7 aromatic rings. The van der Waals surface area contributed by atoms with Crippen LogP contribution >= 0.6 is 0 Å². The van der Waals surface area contributed by atoms with E-state index in [9.17, 15) is 0 Å². The third kappa shape index (κ3) is 6.42. The van der Waals surface area contributed by atoms with Gasteiger partial charge in [-0.2, -0.15) is 5.10 Å². The Labute approximate surface area is 309 Å². The van der Waals surface area contributed by atoms with Crippen LogP contribution in [0.25, 0.3) is 44.4 Å². The Morgan fingerprint density at radius 3 is 2.06 bits per heavy atom. The molecule has 5 nitrogen and oxygen atoms in total. The number of ether oxygens (including phenoxy) is 1. The van der Waals surface area contributed by atoms with Gasteiger partial charge in [0, 0.05) is 40.4 Å². The molecule has 0 atom stereocenters. The van der Waals surface area contributed by atoms with Gasteiger partial charge in [0.1, 0.15) is 17.3 Å². The highest BCUT2D eigenvalue weighted by Gasteiger charge is 2.24. The van der Waals surface area contributed by atoms with Crippen LogP contribution in [0.5, 0.6) is 11.5 Å². The van der Waals surface area contributed by atoms with E-state index in [1.54, 1.807) is 0 Å². The van der Waals surface area contributed by atoms with Crippen LogP contribution in [0.2, 0.25) is 0 Å². The highest BCUT2D eigenvalue weighted by atomic mass is 16.5. The molecule has 5 heteroatoms. The Kier molecular flexibility index (Phi) is 8.68. The van der Waals surface area contributed by atoms with Crippen LogP contribution in [-0.2, 0) is 16.2 Å². The van der Waals surface area contributed by atoms with Gasteiger partial charge in [0.15, 0.2) is 0 Å². The van der Waals surface area contributed by atoms with Crippen molar-refractivity contribution < 1.29 is 4.74 Å². The minimum Gasteiger partial charge on any atom is -0.457 e. The maximum Gasteiger partial charge on any atom is 0.137 e. The largest absolute Gasteiger partial charge is 0.457 e. The lowest BCUT2D eigenvalue weighted by molar-refractivity contribution is 0.478. The van der Waals surface area contributed by atoms with Crippen molar-refractivity contribution in [3.05, 3.63) is 131 Å². The number of nitrogens with zero attached hydrogens (tertiary/aromatic N) is 4. The first-order chi connectivity index (χ1) is 24.5. The number of rotatable bonds is 7. The predicted octanol–water partition coefficient (Wildman–Crippen LogP) is 12.7. The Morgan fingerprint density at radius 1 is 0.635 bits per heavy atom. The van der Waals surface area contributed by atoms with E-state index >= 15 is 0 Å². The Hall–Kier alpha value is -5.16. The molecule has 52 heavy (non-hydrogen) atoms. The molecule has 0 aliphatic heterocycles. The molecule has 0 amide bonds. The van der Waals surface area contributed by atoms with E-state index < -0.39 is 0 Å². The van der Waals surface area contributed by atoms with Gasteiger partial charge in [0.25, 0.3) is 0 Å². The highest BCUT2D eigenvalue weighted by Crippen LogP contribution is 2.40. The van der Waals surface area contributed by atoms with Crippen molar-refractivity contribution in [2.75, 3.05) is 0 Å². The molecule has 0 spiro atoms. The second-order valence-electron chi connectivity index (χ2n) is 17.0. The van der Waals surface area contributed by atoms with Crippen LogP contribution in [0.1, 0.15) is 96.8 Å². The summed E-state index contributed by atoms with van der Waals surface area (Å²) >= 11 is 0. The molecule has 0 bridgehead atoms. The lowest BCUT2D eigenvalue weighted by Crippen LogP contribution is -2.15. The summed E-state index contributed by atoms with van der Waals surface area (Å²) in [4.78, 5) is 4.93. The van der Waals surface area contributed by atoms with Crippen molar-refractivity contribution in [1.29, 1.82) is 0 Å². The van der Waals surface area contributed by atoms with Gasteiger partial charge in [-0.15, -0.1) is 0 Å². The average molecular weight is 689 g/mol. The van der Waals surface area contributed by atoms with Crippen molar-refractivity contribution in [3.8, 4) is 34.1 Å². The first kappa shape index (κ1) is 35.3. The van der Waals surface area contributed by atoms with Crippen molar-refractivity contribution in [1.82, 2.24) is 19.3 Å². The second-order valence-corrected chi connectivity index (χ2v) is 17.0. The Bertz CT molecular complexity index is 2430. The number of pyridine rings is 1. The minimum atomic E-state index is -0.101. The van der Waals surface area contributed by atoms with Crippen molar-refractivity contribution in [2.45, 2.75) is 98.8 Å². The number of benzene rings is 4. The molecular weight excluding hydrogens is 637 g/mol. The molecule has 0 unspecified atom stereocenters. The van der Waals surface area contributed by atoms with Crippen molar-refractivity contribution >= 4 is 21.8 Å². The van der Waals surface area contributed by atoms with Crippen molar-refractivity contribution in [3.63, 3.8) is 0 Å². The molecule has 0 saturated heterocycles. The van der Waals surface area contributed by atoms with Crippen LogP contribution in [0.3, 0.4) is 0 Å². The smallest absolute Gasteiger partial charge is 0.137 e. The first-order valence-corrected chi connectivity index (χ1v) is 18.6. The summed E-state index contributed by atoms with van der Waals surface area (Å²) < 4.78 is 11.2. The van der Waals surface area contributed by atoms with Gasteiger partial charge in [-0.1, -0.05) is 98.7 Å². The standard InChI is InChI=1S/C47H52N4O/c1-12-47(10,11)34-18-21-41-40(26-34)39-20-19-37(29-42(39)50(41)43-27-33(22-23-48-43)45(4,5)6)52-38-25-35(46(7,8)9)24-36(28-38)51-31(3)44(30(2)49-51)32-16-14-13-15-17-32/h13-29H,12H2,1-11H3. The average Bonchev–Trinajstić information content (AvgIpc) is 3.59. The molecule has 0 aliphatic rings. The zero-order chi connectivity index (χ0) is 37.2. The van der Waals surface area contributed by atoms with E-state index in [0.717, 1.165) is 57.4 Å². The fourth-order valence-electron chi connectivity index (χ4n) is 7.19. The molecule has 0 radical (unpaired) electrons. The zero-order valence-corrected chi connectivity index (χ0v) is 32.7. The van der Waals surface area contributed by atoms with Crippen LogP contribution in [0, 0.1) is 13.8 Å². The summed E-state index contributed by atoms with van der Waals surface area (Å²) in [6.07, 6.45) is 3.00. The zero-order valence-electron chi connectivity index (χ0n) is 32.7. The van der Waals surface area contributed by atoms with Crippen molar-refractivity contribution in [2.24, 2.45) is 0 Å². The van der Waals surface area contributed by atoms with Gasteiger partial charge in [-0.25, -0.2) is 9.67 Å². The quantitative estimate of drug-likeness (QED) is 0.167. The topological polar surface area (TPSA) is 44.9 Å². The van der Waals surface area contributed by atoms with Gasteiger partial charge in [-0.05, 0) is 107 Å². The maximum absolute atomic E-state index is 6.83. The summed E-state index contributed by atoms with van der Waals surface area (Å²) in [5.74, 6) is 2.45. The van der Waals surface area contributed by atoms with E-state index in [-0.39, 0.29) is 16.2 Å². The normalized spacial score (nSPS) is 12.6. The van der Waals surface area contributed by atoms with Gasteiger partial charge < -0.3 is 4.74 Å². The van der Waals surface area contributed by atoms with Gasteiger partial charge >= 0.3 is 0 Å². The molecule has 7 rings (SSSR count). The van der Waals surface area contributed by atoms with Gasteiger partial charge in [0.05, 0.1) is 22.4 Å². The molecular formula is C47H52N4O. The van der Waals surface area contributed by atoms with Crippen LogP contribution in [0.4, 0.5) is 0 Å². The van der Waals surface area contributed by atoms with Crippen LogP contribution in [0.15, 0.2) is 103 Å². The highest BCUT2D eigenvalue weighted by molar-refractivity contribution is 6.09. The first-order valence-electron chi connectivity index (χ1n) is 18.6. The van der Waals surface area contributed by atoms with Gasteiger partial charge in [0.2, 0.25) is 0 Å². The predicted molar refractivity (Wildman–Crippen MR) is 218 cm³/mol. The Morgan fingerprint density at radius 2 is 1.37 bits per heavy atom. The molecule has 3 heterocycles. The molecule has 0 fully saturated rings. The fourth-order valence-corrected chi connectivity index (χ4v) is 7.19. The lowest BCUT2D eigenvalue weighted by atomic mass is 9.82. The molecule has 266 valence electrons. The van der Waals surface area contributed by atoms with E-state index in [2.05, 4.69) is 182 Å². The monoisotopic (exact) mass is 688 g/mol. The fraction of sp³-hybridized carbons (Fsp3) is 0.319. The summed E-state index contributed by atoms with van der Waals surface area (Å²) in [6.45, 7) is 24.6. The molecule has 4 aromatic carbocycles. The SMILES string of the molecule is CCC(C)(C)c1ccc2c(c1)c1ccc(Oc3cc(-n4nc(C)c(-c5ccccc5)c4C)cc(C(C)(C)C)c3)cc1n2-c1cc(C(C)(C)C)ccn1. The van der Waals surface area contributed by atoms with Gasteiger partial charge in [-0.3, -0.25) is 4.57 Å². The third-order valence-corrected chi connectivity index (χ3v) is 10.8. The minimum absolute atomic E-state index is 0.00779. The van der Waals surface area contributed by atoms with E-state index in [4.69, 9.17) is 14.8 Å². The molecule has 0 saturated carbocycles. The number of fused-ring (bicyclic) bond motifs is 3. The number of aryl methyl sites for hydroxylation is 1. The van der Waals surface area contributed by atoms with Crippen LogP contribution in [-0.4, -0.2) is 19.3 Å². The van der Waals surface area contributed by atoms with E-state index in [1.165, 1.54) is 33.0 Å². The lowest BCUT2D eigenvalue weighted by Gasteiger charge is -2.23. The van der Waals surface area contributed by atoms with E-state index in [1.807, 2.05) is 6.20 Å². The van der Waals surface area contributed by atoms with Crippen LogP contribution < -0.4 is 4.74 Å². The summed E-state index contributed by atoms with van der Waals surface area (Å²) in [5.41, 5.74) is 11.3. The maximum atomic E-state index is 6.83.